The summed E-state index contributed by atoms with van der Waals surface area (Å²) < 4.78 is 1.92. The second-order valence-electron chi connectivity index (χ2n) is 3.85. The molecule has 0 aliphatic rings. The third-order valence-electron chi connectivity index (χ3n) is 2.45. The summed E-state index contributed by atoms with van der Waals surface area (Å²) in [4.78, 5) is 0. The summed E-state index contributed by atoms with van der Waals surface area (Å²) in [6, 6.07) is 10.3. The topological polar surface area (TPSA) is 43.8 Å². The molecule has 0 saturated heterocycles. The standard InChI is InChI=1S/C12H15N3/c1-9-3-5-11(6-4-9)8-15-10(2)7-12(13)14-15/h3-7H,8H2,1-2H3,(H2,13,14). The van der Waals surface area contributed by atoms with Crippen LogP contribution in [0.4, 0.5) is 5.82 Å². The lowest BCUT2D eigenvalue weighted by molar-refractivity contribution is 0.668. The molecule has 1 aromatic heterocycles. The maximum atomic E-state index is 5.63. The number of anilines is 1. The number of nitrogens with two attached hydrogens (primary N) is 1. The van der Waals surface area contributed by atoms with E-state index in [-0.39, 0.29) is 0 Å². The van der Waals surface area contributed by atoms with Crippen molar-refractivity contribution in [3.05, 3.63) is 47.2 Å². The molecule has 0 aliphatic carbocycles. The van der Waals surface area contributed by atoms with E-state index >= 15 is 0 Å². The van der Waals surface area contributed by atoms with Crippen molar-refractivity contribution in [2.75, 3.05) is 5.73 Å². The summed E-state index contributed by atoms with van der Waals surface area (Å²) in [6.07, 6.45) is 0. The molecule has 0 fully saturated rings. The number of hydrogen-bond acceptors (Lipinski definition) is 2. The third-order valence-corrected chi connectivity index (χ3v) is 2.45. The van der Waals surface area contributed by atoms with Crippen molar-refractivity contribution < 1.29 is 0 Å². The first-order valence-electron chi connectivity index (χ1n) is 5.00. The van der Waals surface area contributed by atoms with Crippen LogP contribution in [0.5, 0.6) is 0 Å². The van der Waals surface area contributed by atoms with Gasteiger partial charge < -0.3 is 5.73 Å². The molecule has 1 aromatic carbocycles. The Labute approximate surface area is 89.5 Å². The molecule has 3 nitrogen and oxygen atoms in total. The minimum absolute atomic E-state index is 0.583. The van der Waals surface area contributed by atoms with Crippen LogP contribution >= 0.6 is 0 Å². The zero-order chi connectivity index (χ0) is 10.8. The summed E-state index contributed by atoms with van der Waals surface area (Å²) in [6.45, 7) is 4.88. The minimum Gasteiger partial charge on any atom is -0.382 e. The van der Waals surface area contributed by atoms with Gasteiger partial charge in [0, 0.05) is 11.8 Å². The number of hydrogen-bond donors (Lipinski definition) is 1. The number of nitrogens with zero attached hydrogens (tertiary/aromatic N) is 2. The van der Waals surface area contributed by atoms with Gasteiger partial charge in [-0.15, -0.1) is 0 Å². The molecule has 78 valence electrons. The molecule has 2 rings (SSSR count). The minimum atomic E-state index is 0.583. The highest BCUT2D eigenvalue weighted by atomic mass is 15.3. The summed E-state index contributed by atoms with van der Waals surface area (Å²) in [5, 5.41) is 4.22. The third kappa shape index (κ3) is 2.18. The Bertz CT molecular complexity index is 454. The van der Waals surface area contributed by atoms with Gasteiger partial charge in [0.2, 0.25) is 0 Å². The van der Waals surface area contributed by atoms with Crippen molar-refractivity contribution in [1.82, 2.24) is 9.78 Å². The average Bonchev–Trinajstić information content (AvgIpc) is 2.49. The van der Waals surface area contributed by atoms with Crippen molar-refractivity contribution in [3.8, 4) is 0 Å². The van der Waals surface area contributed by atoms with Crippen molar-refractivity contribution >= 4 is 5.82 Å². The normalized spacial score (nSPS) is 10.5. The Morgan fingerprint density at radius 1 is 1.20 bits per heavy atom. The maximum Gasteiger partial charge on any atom is 0.145 e. The van der Waals surface area contributed by atoms with Gasteiger partial charge in [-0.25, -0.2) is 0 Å². The molecule has 0 spiro atoms. The van der Waals surface area contributed by atoms with Crippen LogP contribution in [0.15, 0.2) is 30.3 Å². The molecular formula is C12H15N3. The second kappa shape index (κ2) is 3.77. The highest BCUT2D eigenvalue weighted by Crippen LogP contribution is 2.09. The van der Waals surface area contributed by atoms with Gasteiger partial charge in [0.15, 0.2) is 0 Å². The van der Waals surface area contributed by atoms with Gasteiger partial charge >= 0.3 is 0 Å². The molecule has 0 aliphatic heterocycles. The molecule has 0 bridgehead atoms. The van der Waals surface area contributed by atoms with Gasteiger partial charge in [-0.1, -0.05) is 29.8 Å². The van der Waals surface area contributed by atoms with Gasteiger partial charge in [-0.05, 0) is 19.4 Å². The molecule has 0 saturated carbocycles. The van der Waals surface area contributed by atoms with E-state index in [1.165, 1.54) is 11.1 Å². The van der Waals surface area contributed by atoms with Crippen LogP contribution in [0.1, 0.15) is 16.8 Å². The summed E-state index contributed by atoms with van der Waals surface area (Å²) in [7, 11) is 0. The van der Waals surface area contributed by atoms with Crippen molar-refractivity contribution in [1.29, 1.82) is 0 Å². The van der Waals surface area contributed by atoms with Crippen LogP contribution in [0.2, 0.25) is 0 Å². The average molecular weight is 201 g/mol. The van der Waals surface area contributed by atoms with Gasteiger partial charge in [0.1, 0.15) is 5.82 Å². The molecule has 3 heteroatoms. The van der Waals surface area contributed by atoms with Crippen LogP contribution < -0.4 is 5.73 Å². The maximum absolute atomic E-state index is 5.63. The number of rotatable bonds is 2. The Morgan fingerprint density at radius 3 is 2.40 bits per heavy atom. The van der Waals surface area contributed by atoms with E-state index in [1.54, 1.807) is 0 Å². The van der Waals surface area contributed by atoms with Crippen LogP contribution in [0.25, 0.3) is 0 Å². The smallest absolute Gasteiger partial charge is 0.145 e. The fourth-order valence-electron chi connectivity index (χ4n) is 1.56. The number of aryl methyl sites for hydroxylation is 2. The van der Waals surface area contributed by atoms with E-state index in [4.69, 9.17) is 5.73 Å². The molecule has 0 amide bonds. The predicted molar refractivity (Wildman–Crippen MR) is 61.7 cm³/mol. The Morgan fingerprint density at radius 2 is 1.87 bits per heavy atom. The number of nitrogen functional groups attached to an aromatic ring is 1. The highest BCUT2D eigenvalue weighted by molar-refractivity contribution is 5.30. The van der Waals surface area contributed by atoms with Gasteiger partial charge in [-0.3, -0.25) is 4.68 Å². The van der Waals surface area contributed by atoms with Gasteiger partial charge in [0.05, 0.1) is 6.54 Å². The van der Waals surface area contributed by atoms with Crippen molar-refractivity contribution in [2.24, 2.45) is 0 Å². The van der Waals surface area contributed by atoms with Gasteiger partial charge in [-0.2, -0.15) is 5.10 Å². The van der Waals surface area contributed by atoms with Crippen LogP contribution in [-0.4, -0.2) is 9.78 Å². The lowest BCUT2D eigenvalue weighted by atomic mass is 10.1. The molecule has 0 unspecified atom stereocenters. The summed E-state index contributed by atoms with van der Waals surface area (Å²) >= 11 is 0. The zero-order valence-electron chi connectivity index (χ0n) is 9.07. The Hall–Kier alpha value is -1.77. The lowest BCUT2D eigenvalue weighted by Crippen LogP contribution is -2.04. The molecular weight excluding hydrogens is 186 g/mol. The second-order valence-corrected chi connectivity index (χ2v) is 3.85. The number of benzene rings is 1. The quantitative estimate of drug-likeness (QED) is 0.808. The van der Waals surface area contributed by atoms with Gasteiger partial charge in [0.25, 0.3) is 0 Å². The fourth-order valence-corrected chi connectivity index (χ4v) is 1.56. The van der Waals surface area contributed by atoms with Crippen molar-refractivity contribution in [2.45, 2.75) is 20.4 Å². The summed E-state index contributed by atoms with van der Waals surface area (Å²) in [5.74, 6) is 0.583. The predicted octanol–water partition coefficient (Wildman–Crippen LogP) is 2.13. The van der Waals surface area contributed by atoms with E-state index in [0.717, 1.165) is 12.2 Å². The molecule has 15 heavy (non-hydrogen) atoms. The molecule has 2 aromatic rings. The Kier molecular flexibility index (Phi) is 2.46. The van der Waals surface area contributed by atoms with E-state index in [9.17, 15) is 0 Å². The number of aromatic nitrogens is 2. The first kappa shape index (κ1) is 9.77. The SMILES string of the molecule is Cc1ccc(Cn2nc(N)cc2C)cc1. The fraction of sp³-hybridized carbons (Fsp3) is 0.250. The van der Waals surface area contributed by atoms with Crippen LogP contribution in [0.3, 0.4) is 0 Å². The summed E-state index contributed by atoms with van der Waals surface area (Å²) in [5.41, 5.74) is 9.23. The molecule has 2 N–H and O–H groups in total. The zero-order valence-corrected chi connectivity index (χ0v) is 9.07. The lowest BCUT2D eigenvalue weighted by Gasteiger charge is -2.04. The van der Waals surface area contributed by atoms with Crippen LogP contribution in [0, 0.1) is 13.8 Å². The monoisotopic (exact) mass is 201 g/mol. The van der Waals surface area contributed by atoms with E-state index in [2.05, 4.69) is 36.3 Å². The largest absolute Gasteiger partial charge is 0.382 e. The van der Waals surface area contributed by atoms with E-state index in [1.807, 2.05) is 17.7 Å². The van der Waals surface area contributed by atoms with Crippen LogP contribution in [-0.2, 0) is 6.54 Å². The molecule has 0 radical (unpaired) electrons. The van der Waals surface area contributed by atoms with Crippen molar-refractivity contribution in [3.63, 3.8) is 0 Å². The first-order valence-corrected chi connectivity index (χ1v) is 5.00. The molecule has 0 atom stereocenters. The highest BCUT2D eigenvalue weighted by Gasteiger charge is 2.01. The Balaban J connectivity index is 2.21. The molecule has 1 heterocycles. The first-order chi connectivity index (χ1) is 7.15. The van der Waals surface area contributed by atoms with E-state index < -0.39 is 0 Å². The van der Waals surface area contributed by atoms with E-state index in [0.29, 0.717) is 5.82 Å².